The zero-order valence-corrected chi connectivity index (χ0v) is 19.6. The van der Waals surface area contributed by atoms with Crippen molar-refractivity contribution in [2.24, 2.45) is 0 Å². The van der Waals surface area contributed by atoms with Crippen molar-refractivity contribution in [3.8, 4) is 28.8 Å². The first-order valence-corrected chi connectivity index (χ1v) is 10.7. The number of rotatable bonds is 6. The molecule has 0 spiro atoms. The van der Waals surface area contributed by atoms with Gasteiger partial charge in [0, 0.05) is 11.6 Å². The van der Waals surface area contributed by atoms with Crippen LogP contribution >= 0.6 is 0 Å². The molecule has 0 N–H and O–H groups in total. The van der Waals surface area contributed by atoms with Gasteiger partial charge in [0.25, 0.3) is 0 Å². The van der Waals surface area contributed by atoms with Crippen molar-refractivity contribution in [1.82, 2.24) is 9.97 Å². The lowest BCUT2D eigenvalue weighted by Crippen LogP contribution is -2.27. The Balaban J connectivity index is 1.54. The molecule has 0 unspecified atom stereocenters. The highest BCUT2D eigenvalue weighted by molar-refractivity contribution is 5.77. The Morgan fingerprint density at radius 1 is 1.09 bits per heavy atom. The van der Waals surface area contributed by atoms with Crippen molar-refractivity contribution in [2.45, 2.75) is 40.2 Å². The van der Waals surface area contributed by atoms with Crippen molar-refractivity contribution in [3.63, 3.8) is 0 Å². The van der Waals surface area contributed by atoms with Crippen LogP contribution in [0, 0.1) is 19.7 Å². The van der Waals surface area contributed by atoms with E-state index in [0.29, 0.717) is 22.7 Å². The van der Waals surface area contributed by atoms with Gasteiger partial charge >= 0.3 is 5.97 Å². The average Bonchev–Trinajstić information content (AvgIpc) is 3.17. The van der Waals surface area contributed by atoms with Crippen LogP contribution in [0.2, 0.25) is 0 Å². The average molecular weight is 464 g/mol. The van der Waals surface area contributed by atoms with Gasteiger partial charge in [0.2, 0.25) is 11.8 Å². The normalized spacial score (nSPS) is 11.5. The molecule has 0 aliphatic carbocycles. The molecule has 0 bridgehead atoms. The Kier molecular flexibility index (Phi) is 6.24. The maximum absolute atomic E-state index is 13.9. The quantitative estimate of drug-likeness (QED) is 0.316. The monoisotopic (exact) mass is 464 g/mol. The number of carbonyl (C=O) groups is 1. The molecule has 8 heteroatoms. The summed E-state index contributed by atoms with van der Waals surface area (Å²) in [5.41, 5.74) is 2.81. The summed E-state index contributed by atoms with van der Waals surface area (Å²) in [5.74, 6) is 0.344. The summed E-state index contributed by atoms with van der Waals surface area (Å²) in [7, 11) is 0. The Hall–Kier alpha value is -3.94. The van der Waals surface area contributed by atoms with Gasteiger partial charge in [-0.15, -0.1) is 0 Å². The minimum absolute atomic E-state index is 0.0716. The van der Waals surface area contributed by atoms with E-state index in [1.54, 1.807) is 39.0 Å². The summed E-state index contributed by atoms with van der Waals surface area (Å²) in [5, 5.41) is 0. The molecule has 2 aromatic heterocycles. The van der Waals surface area contributed by atoms with Crippen LogP contribution in [-0.2, 0) is 9.53 Å². The smallest absolute Gasteiger partial charge is 0.344 e. The predicted octanol–water partition coefficient (Wildman–Crippen LogP) is 6.16. The molecule has 0 aliphatic heterocycles. The van der Waals surface area contributed by atoms with Crippen molar-refractivity contribution in [1.29, 1.82) is 0 Å². The third-order valence-corrected chi connectivity index (χ3v) is 4.76. The number of fused-ring (bicyclic) bond motifs is 1. The number of aryl methyl sites for hydroxylation is 2. The number of ether oxygens (including phenoxy) is 3. The van der Waals surface area contributed by atoms with Gasteiger partial charge in [0.05, 0.1) is 6.20 Å². The van der Waals surface area contributed by atoms with Crippen LogP contribution in [0.5, 0.6) is 17.4 Å². The lowest BCUT2D eigenvalue weighted by atomic mass is 10.1. The van der Waals surface area contributed by atoms with Crippen LogP contribution in [0.15, 0.2) is 53.1 Å². The van der Waals surface area contributed by atoms with Gasteiger partial charge in [-0.25, -0.2) is 19.2 Å². The number of carbonyl (C=O) groups excluding carboxylic acids is 1. The number of para-hydroxylation sites is 1. The van der Waals surface area contributed by atoms with E-state index in [1.165, 1.54) is 18.3 Å². The van der Waals surface area contributed by atoms with E-state index >= 15 is 0 Å². The van der Waals surface area contributed by atoms with Gasteiger partial charge in [-0.3, -0.25) is 0 Å². The van der Waals surface area contributed by atoms with Gasteiger partial charge in [0.1, 0.15) is 16.9 Å². The Bertz CT molecular complexity index is 1330. The van der Waals surface area contributed by atoms with Crippen LogP contribution in [0.4, 0.5) is 4.39 Å². The van der Waals surface area contributed by atoms with Crippen molar-refractivity contribution in [3.05, 3.63) is 65.6 Å². The van der Waals surface area contributed by atoms with E-state index < -0.39 is 17.4 Å². The van der Waals surface area contributed by atoms with E-state index in [0.717, 1.165) is 16.7 Å². The first-order valence-electron chi connectivity index (χ1n) is 10.7. The Morgan fingerprint density at radius 3 is 2.47 bits per heavy atom. The molecule has 0 aliphatic rings. The molecular weight excluding hydrogens is 439 g/mol. The van der Waals surface area contributed by atoms with Crippen LogP contribution < -0.4 is 9.47 Å². The molecule has 0 saturated carbocycles. The molecule has 0 fully saturated rings. The van der Waals surface area contributed by atoms with Crippen LogP contribution in [0.1, 0.15) is 31.9 Å². The third kappa shape index (κ3) is 5.33. The van der Waals surface area contributed by atoms with Crippen molar-refractivity contribution < 1.29 is 27.8 Å². The predicted molar refractivity (Wildman–Crippen MR) is 125 cm³/mol. The summed E-state index contributed by atoms with van der Waals surface area (Å²) in [6.07, 6.45) is 1.51. The number of hydrogen-bond acceptors (Lipinski definition) is 7. The molecule has 7 nitrogen and oxygen atoms in total. The van der Waals surface area contributed by atoms with Crippen LogP contribution in [-0.4, -0.2) is 28.1 Å². The second kappa shape index (κ2) is 9.13. The highest BCUT2D eigenvalue weighted by Gasteiger charge is 2.19. The lowest BCUT2D eigenvalue weighted by molar-refractivity contribution is -0.157. The largest absolute Gasteiger partial charge is 0.481 e. The van der Waals surface area contributed by atoms with Crippen molar-refractivity contribution in [2.75, 3.05) is 6.61 Å². The van der Waals surface area contributed by atoms with Crippen LogP contribution in [0.3, 0.4) is 0 Å². The summed E-state index contributed by atoms with van der Waals surface area (Å²) in [6.45, 7) is 9.00. The van der Waals surface area contributed by atoms with Gasteiger partial charge in [-0.1, -0.05) is 12.1 Å². The van der Waals surface area contributed by atoms with E-state index in [9.17, 15) is 9.18 Å². The summed E-state index contributed by atoms with van der Waals surface area (Å²) in [4.78, 5) is 20.7. The molecule has 0 radical (unpaired) electrons. The fourth-order valence-corrected chi connectivity index (χ4v) is 3.44. The van der Waals surface area contributed by atoms with E-state index in [1.807, 2.05) is 26.0 Å². The maximum atomic E-state index is 13.9. The standard InChI is InChI=1S/C26H25FN2O5/c1-15-10-17(11-16(2)24(15)31-14-23(30)34-26(3,4)5)25-29-19-13-28-22(12-21(19)33-25)32-20-9-7-6-8-18(20)27/h6-13H,14H2,1-5H3. The molecule has 4 rings (SSSR count). The van der Waals surface area contributed by atoms with E-state index in [4.69, 9.17) is 18.6 Å². The van der Waals surface area contributed by atoms with E-state index in [-0.39, 0.29) is 18.2 Å². The van der Waals surface area contributed by atoms with Gasteiger partial charge in [-0.05, 0) is 70.0 Å². The highest BCUT2D eigenvalue weighted by atomic mass is 19.1. The fraction of sp³-hybridized carbons (Fsp3) is 0.269. The topological polar surface area (TPSA) is 83.7 Å². The first-order chi connectivity index (χ1) is 16.1. The zero-order valence-electron chi connectivity index (χ0n) is 19.6. The molecular formula is C26H25FN2O5. The molecule has 0 amide bonds. The zero-order chi connectivity index (χ0) is 24.5. The minimum Gasteiger partial charge on any atom is -0.481 e. The Morgan fingerprint density at radius 2 is 1.79 bits per heavy atom. The van der Waals surface area contributed by atoms with E-state index in [2.05, 4.69) is 9.97 Å². The number of pyridine rings is 1. The maximum Gasteiger partial charge on any atom is 0.344 e. The molecule has 176 valence electrons. The summed E-state index contributed by atoms with van der Waals surface area (Å²) < 4.78 is 36.3. The number of nitrogens with zero attached hydrogens (tertiary/aromatic N) is 2. The Labute approximate surface area is 196 Å². The number of benzene rings is 2. The van der Waals surface area contributed by atoms with Crippen molar-refractivity contribution >= 4 is 17.1 Å². The van der Waals surface area contributed by atoms with Crippen LogP contribution in [0.25, 0.3) is 22.6 Å². The third-order valence-electron chi connectivity index (χ3n) is 4.76. The molecule has 2 heterocycles. The fourth-order valence-electron chi connectivity index (χ4n) is 3.44. The molecule has 4 aromatic rings. The first kappa shape index (κ1) is 23.2. The van der Waals surface area contributed by atoms with Gasteiger partial charge in [-0.2, -0.15) is 0 Å². The number of hydrogen-bond donors (Lipinski definition) is 0. The second-order valence-corrected chi connectivity index (χ2v) is 8.86. The number of esters is 1. The van der Waals surface area contributed by atoms with Gasteiger partial charge < -0.3 is 18.6 Å². The minimum atomic E-state index is -0.573. The number of halogens is 1. The van der Waals surface area contributed by atoms with Gasteiger partial charge in [0.15, 0.2) is 23.8 Å². The number of oxazole rings is 1. The molecule has 0 atom stereocenters. The highest BCUT2D eigenvalue weighted by Crippen LogP contribution is 2.33. The molecule has 2 aromatic carbocycles. The molecule has 0 saturated heterocycles. The number of aromatic nitrogens is 2. The lowest BCUT2D eigenvalue weighted by Gasteiger charge is -2.20. The molecule has 34 heavy (non-hydrogen) atoms. The summed E-state index contributed by atoms with van der Waals surface area (Å²) in [6, 6.07) is 11.4. The SMILES string of the molecule is Cc1cc(-c2nc3cnc(Oc4ccccc4F)cc3o2)cc(C)c1OCC(=O)OC(C)(C)C. The summed E-state index contributed by atoms with van der Waals surface area (Å²) >= 11 is 0. The second-order valence-electron chi connectivity index (χ2n) is 8.86.